The van der Waals surface area contributed by atoms with Crippen LogP contribution in [-0.4, -0.2) is 4.98 Å². The number of benzene rings is 3. The van der Waals surface area contributed by atoms with Crippen molar-refractivity contribution in [2.45, 2.75) is 20.4 Å². The van der Waals surface area contributed by atoms with Gasteiger partial charge in [-0.3, -0.25) is 0 Å². The molecule has 1 aromatic heterocycles. The second-order valence-corrected chi connectivity index (χ2v) is 6.77. The average molecular weight is 338 g/mol. The van der Waals surface area contributed by atoms with E-state index in [9.17, 15) is 0 Å². The lowest BCUT2D eigenvalue weighted by atomic mass is 9.99. The molecule has 1 heterocycles. The van der Waals surface area contributed by atoms with Crippen molar-refractivity contribution in [2.75, 3.05) is 5.32 Å². The molecule has 0 atom stereocenters. The number of rotatable bonds is 4. The van der Waals surface area contributed by atoms with Crippen LogP contribution in [0.3, 0.4) is 0 Å². The highest BCUT2D eigenvalue weighted by atomic mass is 15.0. The molecule has 2 nitrogen and oxygen atoms in total. The predicted octanol–water partition coefficient (Wildman–Crippen LogP) is 6.13. The molecule has 0 fully saturated rings. The van der Waals surface area contributed by atoms with Crippen molar-refractivity contribution in [3.63, 3.8) is 0 Å². The molecule has 0 bridgehead atoms. The number of aromatic nitrogens is 1. The molecule has 0 spiro atoms. The molecule has 1 N–H and O–H groups in total. The fourth-order valence-electron chi connectivity index (χ4n) is 3.22. The number of fused-ring (bicyclic) bond motifs is 1. The van der Waals surface area contributed by atoms with Crippen molar-refractivity contribution >= 4 is 16.7 Å². The molecule has 0 aliphatic heterocycles. The molecule has 4 rings (SSSR count). The Balaban J connectivity index is 1.58. The second kappa shape index (κ2) is 7.01. The van der Waals surface area contributed by atoms with E-state index in [4.69, 9.17) is 4.98 Å². The van der Waals surface area contributed by atoms with Gasteiger partial charge in [0.05, 0.1) is 5.52 Å². The highest BCUT2D eigenvalue weighted by Crippen LogP contribution is 2.25. The van der Waals surface area contributed by atoms with Gasteiger partial charge in [0.2, 0.25) is 0 Å². The molecular formula is C24H22N2. The molecule has 0 aliphatic rings. The lowest BCUT2D eigenvalue weighted by Crippen LogP contribution is -2.03. The van der Waals surface area contributed by atoms with Crippen molar-refractivity contribution in [3.8, 4) is 11.1 Å². The zero-order chi connectivity index (χ0) is 17.9. The van der Waals surface area contributed by atoms with Crippen molar-refractivity contribution in [3.05, 3.63) is 95.6 Å². The van der Waals surface area contributed by atoms with Gasteiger partial charge in [0.15, 0.2) is 0 Å². The topological polar surface area (TPSA) is 24.9 Å². The third-order valence-corrected chi connectivity index (χ3v) is 4.68. The first kappa shape index (κ1) is 16.3. The summed E-state index contributed by atoms with van der Waals surface area (Å²) >= 11 is 0. The van der Waals surface area contributed by atoms with Crippen LogP contribution in [0.25, 0.3) is 22.0 Å². The quantitative estimate of drug-likeness (QED) is 0.484. The Morgan fingerprint density at radius 3 is 2.38 bits per heavy atom. The number of pyridine rings is 1. The van der Waals surface area contributed by atoms with Crippen LogP contribution in [-0.2, 0) is 6.54 Å². The maximum absolute atomic E-state index is 4.73. The SMILES string of the molecule is Cc1ccc(-c2ccccc2CNc2ccc3cc(C)ccc3n2)cc1. The van der Waals surface area contributed by atoms with Gasteiger partial charge in [0.25, 0.3) is 0 Å². The first-order chi connectivity index (χ1) is 12.7. The van der Waals surface area contributed by atoms with Crippen LogP contribution in [0.15, 0.2) is 78.9 Å². The molecular weight excluding hydrogens is 316 g/mol. The normalized spacial score (nSPS) is 10.8. The number of nitrogens with one attached hydrogen (secondary N) is 1. The summed E-state index contributed by atoms with van der Waals surface area (Å²) in [5.41, 5.74) is 7.33. The lowest BCUT2D eigenvalue weighted by Gasteiger charge is -2.12. The molecule has 128 valence electrons. The van der Waals surface area contributed by atoms with Gasteiger partial charge in [-0.1, -0.05) is 65.7 Å². The van der Waals surface area contributed by atoms with Crippen LogP contribution < -0.4 is 5.32 Å². The molecule has 0 saturated heterocycles. The van der Waals surface area contributed by atoms with E-state index in [1.165, 1.54) is 33.2 Å². The fraction of sp³-hybridized carbons (Fsp3) is 0.125. The first-order valence-electron chi connectivity index (χ1n) is 8.95. The predicted molar refractivity (Wildman–Crippen MR) is 110 cm³/mol. The molecule has 0 saturated carbocycles. The number of hydrogen-bond donors (Lipinski definition) is 1. The Morgan fingerprint density at radius 2 is 1.54 bits per heavy atom. The van der Waals surface area contributed by atoms with E-state index < -0.39 is 0 Å². The number of hydrogen-bond acceptors (Lipinski definition) is 2. The second-order valence-electron chi connectivity index (χ2n) is 6.77. The van der Waals surface area contributed by atoms with Gasteiger partial charge in [0.1, 0.15) is 5.82 Å². The number of anilines is 1. The zero-order valence-electron chi connectivity index (χ0n) is 15.2. The summed E-state index contributed by atoms with van der Waals surface area (Å²) in [5.74, 6) is 0.903. The van der Waals surface area contributed by atoms with Crippen LogP contribution in [0, 0.1) is 13.8 Å². The van der Waals surface area contributed by atoms with E-state index in [2.05, 4.69) is 98.0 Å². The Hall–Kier alpha value is -3.13. The highest BCUT2D eigenvalue weighted by molar-refractivity contribution is 5.81. The Morgan fingerprint density at radius 1 is 0.769 bits per heavy atom. The van der Waals surface area contributed by atoms with Gasteiger partial charge >= 0.3 is 0 Å². The summed E-state index contributed by atoms with van der Waals surface area (Å²) in [4.78, 5) is 4.73. The standard InChI is InChI=1S/C24H22N2/c1-17-7-10-19(11-8-17)22-6-4-3-5-21(22)16-25-24-14-12-20-15-18(2)9-13-23(20)26-24/h3-15H,16H2,1-2H3,(H,25,26). The monoisotopic (exact) mass is 338 g/mol. The van der Waals surface area contributed by atoms with Gasteiger partial charge in [-0.2, -0.15) is 0 Å². The van der Waals surface area contributed by atoms with E-state index in [1.807, 2.05) is 0 Å². The minimum atomic E-state index is 0.744. The molecule has 0 aliphatic carbocycles. The third-order valence-electron chi connectivity index (χ3n) is 4.68. The van der Waals surface area contributed by atoms with Gasteiger partial charge < -0.3 is 5.32 Å². The molecule has 3 aromatic carbocycles. The summed E-state index contributed by atoms with van der Waals surface area (Å²) < 4.78 is 0. The molecule has 0 unspecified atom stereocenters. The van der Waals surface area contributed by atoms with Crippen LogP contribution in [0.4, 0.5) is 5.82 Å². The van der Waals surface area contributed by atoms with E-state index >= 15 is 0 Å². The summed E-state index contributed by atoms with van der Waals surface area (Å²) in [6.07, 6.45) is 0. The maximum Gasteiger partial charge on any atom is 0.126 e. The van der Waals surface area contributed by atoms with Crippen LogP contribution in [0.1, 0.15) is 16.7 Å². The van der Waals surface area contributed by atoms with Crippen molar-refractivity contribution in [1.82, 2.24) is 4.98 Å². The van der Waals surface area contributed by atoms with Crippen LogP contribution in [0.2, 0.25) is 0 Å². The summed E-state index contributed by atoms with van der Waals surface area (Å²) in [6.45, 7) is 4.96. The van der Waals surface area contributed by atoms with E-state index in [0.29, 0.717) is 0 Å². The van der Waals surface area contributed by atoms with Gasteiger partial charge in [-0.05, 0) is 54.8 Å². The number of aryl methyl sites for hydroxylation is 2. The minimum Gasteiger partial charge on any atom is -0.366 e. The smallest absolute Gasteiger partial charge is 0.126 e. The van der Waals surface area contributed by atoms with E-state index in [-0.39, 0.29) is 0 Å². The van der Waals surface area contributed by atoms with Gasteiger partial charge in [-0.25, -0.2) is 4.98 Å². The van der Waals surface area contributed by atoms with E-state index in [0.717, 1.165) is 17.9 Å². The summed E-state index contributed by atoms with van der Waals surface area (Å²) in [6, 6.07) is 27.8. The molecule has 0 amide bonds. The average Bonchev–Trinajstić information content (AvgIpc) is 2.67. The van der Waals surface area contributed by atoms with Crippen LogP contribution >= 0.6 is 0 Å². The minimum absolute atomic E-state index is 0.744. The summed E-state index contributed by atoms with van der Waals surface area (Å²) in [7, 11) is 0. The fourth-order valence-corrected chi connectivity index (χ4v) is 3.22. The van der Waals surface area contributed by atoms with Crippen LogP contribution in [0.5, 0.6) is 0 Å². The largest absolute Gasteiger partial charge is 0.366 e. The van der Waals surface area contributed by atoms with Crippen molar-refractivity contribution in [1.29, 1.82) is 0 Å². The van der Waals surface area contributed by atoms with Gasteiger partial charge in [-0.15, -0.1) is 0 Å². The number of nitrogens with zero attached hydrogens (tertiary/aromatic N) is 1. The Bertz CT molecular complexity index is 1050. The maximum atomic E-state index is 4.73. The third kappa shape index (κ3) is 3.45. The molecule has 4 aromatic rings. The Kier molecular flexibility index (Phi) is 4.40. The molecule has 2 heteroatoms. The lowest BCUT2D eigenvalue weighted by molar-refractivity contribution is 1.12. The highest BCUT2D eigenvalue weighted by Gasteiger charge is 2.05. The Labute approximate surface area is 154 Å². The molecule has 0 radical (unpaired) electrons. The van der Waals surface area contributed by atoms with Crippen molar-refractivity contribution in [2.24, 2.45) is 0 Å². The van der Waals surface area contributed by atoms with Gasteiger partial charge in [0, 0.05) is 11.9 Å². The van der Waals surface area contributed by atoms with E-state index in [1.54, 1.807) is 0 Å². The zero-order valence-corrected chi connectivity index (χ0v) is 15.2. The molecule has 26 heavy (non-hydrogen) atoms. The summed E-state index contributed by atoms with van der Waals surface area (Å²) in [5, 5.41) is 4.65. The van der Waals surface area contributed by atoms with Crippen molar-refractivity contribution < 1.29 is 0 Å². The first-order valence-corrected chi connectivity index (χ1v) is 8.95.